The molecule has 0 aliphatic rings. The normalized spacial score (nSPS) is 14.8. The van der Waals surface area contributed by atoms with Crippen LogP contribution in [-0.4, -0.2) is 33.0 Å². The van der Waals surface area contributed by atoms with Crippen molar-refractivity contribution in [2.45, 2.75) is 36.9 Å². The van der Waals surface area contributed by atoms with Gasteiger partial charge in [-0.25, -0.2) is 13.1 Å². The van der Waals surface area contributed by atoms with Gasteiger partial charge in [0.25, 0.3) is 10.0 Å². The first kappa shape index (κ1) is 19.4. The third-order valence-corrected chi connectivity index (χ3v) is 6.11. The molecule has 1 atom stereocenters. The lowest BCUT2D eigenvalue weighted by molar-refractivity contribution is -0.121. The van der Waals surface area contributed by atoms with Gasteiger partial charge in [-0.1, -0.05) is 25.4 Å². The van der Waals surface area contributed by atoms with Crippen LogP contribution in [0.1, 0.15) is 27.2 Å². The van der Waals surface area contributed by atoms with E-state index in [4.69, 9.17) is 17.3 Å². The summed E-state index contributed by atoms with van der Waals surface area (Å²) in [6.45, 7) is 5.85. The Bertz CT molecular complexity index is 616. The molecule has 6 nitrogen and oxygen atoms in total. The van der Waals surface area contributed by atoms with E-state index in [1.807, 2.05) is 20.8 Å². The van der Waals surface area contributed by atoms with E-state index < -0.39 is 21.5 Å². The van der Waals surface area contributed by atoms with E-state index in [0.29, 0.717) is 16.7 Å². The fourth-order valence-electron chi connectivity index (χ4n) is 2.14. The number of amides is 1. The molecule has 0 spiro atoms. The summed E-state index contributed by atoms with van der Waals surface area (Å²) in [5.41, 5.74) is 5.16. The average molecular weight is 368 g/mol. The molecule has 1 unspecified atom stereocenters. The molecule has 1 aromatic heterocycles. The van der Waals surface area contributed by atoms with Gasteiger partial charge in [0.15, 0.2) is 0 Å². The first-order chi connectivity index (χ1) is 10.1. The van der Waals surface area contributed by atoms with Crippen molar-refractivity contribution in [1.82, 2.24) is 10.0 Å². The third kappa shape index (κ3) is 5.85. The maximum Gasteiger partial charge on any atom is 0.250 e. The van der Waals surface area contributed by atoms with Crippen LogP contribution in [0.15, 0.2) is 16.3 Å². The minimum absolute atomic E-state index is 0.0778. The van der Waals surface area contributed by atoms with Gasteiger partial charge < -0.3 is 11.1 Å². The van der Waals surface area contributed by atoms with Gasteiger partial charge in [0.1, 0.15) is 4.21 Å². The average Bonchev–Trinajstić information content (AvgIpc) is 2.83. The Balaban J connectivity index is 2.62. The number of halogens is 1. The Labute approximate surface area is 140 Å². The van der Waals surface area contributed by atoms with E-state index in [0.717, 1.165) is 11.3 Å². The second-order valence-corrected chi connectivity index (χ2v) is 9.50. The zero-order valence-corrected chi connectivity index (χ0v) is 15.2. The van der Waals surface area contributed by atoms with Gasteiger partial charge in [-0.2, -0.15) is 0 Å². The van der Waals surface area contributed by atoms with Crippen molar-refractivity contribution in [1.29, 1.82) is 0 Å². The van der Waals surface area contributed by atoms with Gasteiger partial charge in [-0.05, 0) is 31.4 Å². The fraction of sp³-hybridized carbons (Fsp3) is 0.615. The summed E-state index contributed by atoms with van der Waals surface area (Å²) in [6, 6.07) is 2.89. The topological polar surface area (TPSA) is 101 Å². The molecule has 9 heteroatoms. The summed E-state index contributed by atoms with van der Waals surface area (Å²) >= 11 is 6.65. The van der Waals surface area contributed by atoms with Crippen LogP contribution in [0.25, 0.3) is 0 Å². The number of sulfonamides is 1. The molecule has 0 aliphatic carbocycles. The Morgan fingerprint density at radius 1 is 1.45 bits per heavy atom. The van der Waals surface area contributed by atoms with Gasteiger partial charge >= 0.3 is 0 Å². The molecular weight excluding hydrogens is 346 g/mol. The maximum absolute atomic E-state index is 12.0. The molecule has 0 aliphatic heterocycles. The van der Waals surface area contributed by atoms with Crippen LogP contribution >= 0.6 is 22.9 Å². The van der Waals surface area contributed by atoms with E-state index in [2.05, 4.69) is 10.0 Å². The molecule has 1 aromatic rings. The molecule has 22 heavy (non-hydrogen) atoms. The Hall–Kier alpha value is -0.670. The second kappa shape index (κ2) is 7.74. The van der Waals surface area contributed by atoms with Crippen molar-refractivity contribution in [3.8, 4) is 0 Å². The van der Waals surface area contributed by atoms with Crippen LogP contribution in [0.2, 0.25) is 4.34 Å². The molecule has 0 fully saturated rings. The molecule has 126 valence electrons. The van der Waals surface area contributed by atoms with Crippen molar-refractivity contribution >= 4 is 38.9 Å². The van der Waals surface area contributed by atoms with Crippen LogP contribution in [0.3, 0.4) is 0 Å². The highest BCUT2D eigenvalue weighted by molar-refractivity contribution is 7.91. The largest absolute Gasteiger partial charge is 0.349 e. The van der Waals surface area contributed by atoms with Crippen molar-refractivity contribution in [2.24, 2.45) is 11.7 Å². The van der Waals surface area contributed by atoms with Gasteiger partial charge in [-0.15, -0.1) is 11.3 Å². The minimum Gasteiger partial charge on any atom is -0.349 e. The lowest BCUT2D eigenvalue weighted by Gasteiger charge is -2.31. The van der Waals surface area contributed by atoms with Crippen molar-refractivity contribution in [3.63, 3.8) is 0 Å². The Morgan fingerprint density at radius 2 is 2.09 bits per heavy atom. The van der Waals surface area contributed by atoms with E-state index >= 15 is 0 Å². The predicted molar refractivity (Wildman–Crippen MR) is 89.6 cm³/mol. The van der Waals surface area contributed by atoms with Crippen LogP contribution < -0.4 is 15.8 Å². The molecule has 0 radical (unpaired) electrons. The van der Waals surface area contributed by atoms with E-state index in [-0.39, 0.29) is 17.3 Å². The van der Waals surface area contributed by atoms with E-state index in [1.54, 1.807) is 0 Å². The van der Waals surface area contributed by atoms with Gasteiger partial charge in [-0.3, -0.25) is 4.79 Å². The zero-order chi connectivity index (χ0) is 17.0. The summed E-state index contributed by atoms with van der Waals surface area (Å²) in [6.07, 6.45) is 0.711. The minimum atomic E-state index is -3.73. The van der Waals surface area contributed by atoms with Crippen LogP contribution in [0, 0.1) is 5.92 Å². The lowest BCUT2D eigenvalue weighted by Crippen LogP contribution is -2.54. The lowest BCUT2D eigenvalue weighted by atomic mass is 9.91. The number of rotatable bonds is 8. The molecule has 0 aromatic carbocycles. The molecule has 1 rings (SSSR count). The van der Waals surface area contributed by atoms with Gasteiger partial charge in [0, 0.05) is 12.1 Å². The molecule has 0 saturated carbocycles. The Kier molecular flexibility index (Phi) is 6.82. The number of hydrogen-bond donors (Lipinski definition) is 3. The summed E-state index contributed by atoms with van der Waals surface area (Å²) in [7, 11) is -3.73. The molecule has 4 N–H and O–H groups in total. The monoisotopic (exact) mass is 367 g/mol. The highest BCUT2D eigenvalue weighted by Gasteiger charge is 2.26. The van der Waals surface area contributed by atoms with E-state index in [1.165, 1.54) is 12.1 Å². The molecule has 0 saturated heterocycles. The first-order valence-electron chi connectivity index (χ1n) is 6.84. The van der Waals surface area contributed by atoms with E-state index in [9.17, 15) is 13.2 Å². The number of thiophene rings is 1. The van der Waals surface area contributed by atoms with Crippen molar-refractivity contribution < 1.29 is 13.2 Å². The number of carbonyl (C=O) groups excluding carboxylic acids is 1. The number of nitrogens with two attached hydrogens (primary N) is 1. The Morgan fingerprint density at radius 3 is 2.55 bits per heavy atom. The molecular formula is C13H22ClN3O3S2. The fourth-order valence-corrected chi connectivity index (χ4v) is 4.65. The smallest absolute Gasteiger partial charge is 0.250 e. The summed E-state index contributed by atoms with van der Waals surface area (Å²) in [4.78, 5) is 12.0. The maximum atomic E-state index is 12.0. The molecule has 0 bridgehead atoms. The molecule has 1 amide bonds. The quantitative estimate of drug-likeness (QED) is 0.648. The summed E-state index contributed by atoms with van der Waals surface area (Å²) < 4.78 is 26.7. The SMILES string of the molecule is CC(C)CC(C)(CN)NC(=O)CNS(=O)(=O)c1ccc(Cl)s1. The number of nitrogens with one attached hydrogen (secondary N) is 2. The van der Waals surface area contributed by atoms with Gasteiger partial charge in [0.2, 0.25) is 5.91 Å². The predicted octanol–water partition coefficient (Wildman–Crippen LogP) is 1.56. The van der Waals surface area contributed by atoms with Crippen LogP contribution in [-0.2, 0) is 14.8 Å². The van der Waals surface area contributed by atoms with Crippen molar-refractivity contribution in [2.75, 3.05) is 13.1 Å². The molecule has 1 heterocycles. The van der Waals surface area contributed by atoms with Crippen molar-refractivity contribution in [3.05, 3.63) is 16.5 Å². The van der Waals surface area contributed by atoms with Crippen LogP contribution in [0.5, 0.6) is 0 Å². The highest BCUT2D eigenvalue weighted by Crippen LogP contribution is 2.25. The summed E-state index contributed by atoms with van der Waals surface area (Å²) in [5.74, 6) is -0.0568. The number of hydrogen-bond acceptors (Lipinski definition) is 5. The first-order valence-corrected chi connectivity index (χ1v) is 9.52. The summed E-state index contributed by atoms with van der Waals surface area (Å²) in [5, 5.41) is 2.79. The third-order valence-electron chi connectivity index (χ3n) is 2.99. The standard InChI is InChI=1S/C13H22ClN3O3S2/c1-9(2)6-13(3,8-15)17-11(18)7-16-22(19,20)12-5-4-10(14)21-12/h4-5,9,16H,6-8,15H2,1-3H3,(H,17,18). The van der Waals surface area contributed by atoms with Gasteiger partial charge in [0.05, 0.1) is 10.9 Å². The zero-order valence-electron chi connectivity index (χ0n) is 12.8. The second-order valence-electron chi connectivity index (χ2n) is 5.79. The number of carbonyl (C=O) groups is 1. The highest BCUT2D eigenvalue weighted by atomic mass is 35.5. The van der Waals surface area contributed by atoms with Crippen LogP contribution in [0.4, 0.5) is 0 Å².